The van der Waals surface area contributed by atoms with Gasteiger partial charge in [0.15, 0.2) is 8.03 Å². The number of rotatable bonds is 4. The third-order valence-corrected chi connectivity index (χ3v) is 4.39. The van der Waals surface area contributed by atoms with E-state index in [9.17, 15) is 4.57 Å². The predicted octanol–water partition coefficient (Wildman–Crippen LogP) is 2.46. The minimum absolute atomic E-state index is 0.0670. The van der Waals surface area contributed by atoms with Crippen LogP contribution in [0.3, 0.4) is 0 Å². The van der Waals surface area contributed by atoms with Gasteiger partial charge in [-0.15, -0.1) is 6.58 Å². The van der Waals surface area contributed by atoms with Crippen molar-refractivity contribution in [1.82, 2.24) is 0 Å². The lowest BCUT2D eigenvalue weighted by Crippen LogP contribution is -2.00. The third kappa shape index (κ3) is 1.57. The molecule has 1 aliphatic rings. The zero-order valence-corrected chi connectivity index (χ0v) is 8.09. The number of hydrogen-bond donors (Lipinski definition) is 0. The first kappa shape index (κ1) is 9.02. The normalized spacial score (nSPS) is 38.2. The van der Waals surface area contributed by atoms with Crippen LogP contribution in [0.25, 0.3) is 0 Å². The molecule has 0 aromatic heterocycles. The van der Waals surface area contributed by atoms with Crippen molar-refractivity contribution in [1.29, 1.82) is 0 Å². The summed E-state index contributed by atoms with van der Waals surface area (Å²) < 4.78 is 16.5. The smallest absolute Gasteiger partial charge is 0.197 e. The van der Waals surface area contributed by atoms with E-state index >= 15 is 0 Å². The van der Waals surface area contributed by atoms with Gasteiger partial charge in [0.1, 0.15) is 0 Å². The van der Waals surface area contributed by atoms with Gasteiger partial charge < -0.3 is 4.52 Å². The van der Waals surface area contributed by atoms with Crippen LogP contribution >= 0.6 is 8.03 Å². The summed E-state index contributed by atoms with van der Waals surface area (Å²) in [6.45, 7) is 8.12. The van der Waals surface area contributed by atoms with E-state index in [1.807, 2.05) is 19.9 Å². The Hall–Kier alpha value is -0.0700. The molecule has 0 N–H and O–H groups in total. The molecule has 3 atom stereocenters. The molecule has 0 amide bonds. The van der Waals surface area contributed by atoms with E-state index in [1.165, 1.54) is 0 Å². The fourth-order valence-electron chi connectivity index (χ4n) is 1.27. The molecule has 0 radical (unpaired) electrons. The van der Waals surface area contributed by atoms with Gasteiger partial charge in [0.05, 0.1) is 6.61 Å². The highest BCUT2D eigenvalue weighted by Crippen LogP contribution is 2.62. The fraction of sp³-hybridized carbons (Fsp3) is 0.750. The highest BCUT2D eigenvalue weighted by Gasteiger charge is 2.53. The van der Waals surface area contributed by atoms with E-state index in [2.05, 4.69) is 6.58 Å². The van der Waals surface area contributed by atoms with E-state index in [0.717, 1.165) is 6.42 Å². The Kier molecular flexibility index (Phi) is 2.56. The largest absolute Gasteiger partial charge is 0.330 e. The van der Waals surface area contributed by atoms with Crippen LogP contribution in [0.2, 0.25) is 0 Å². The third-order valence-electron chi connectivity index (χ3n) is 2.33. The molecule has 0 aliphatic heterocycles. The van der Waals surface area contributed by atoms with Crippen molar-refractivity contribution in [3.63, 3.8) is 0 Å². The molecule has 1 fully saturated rings. The summed E-state index contributed by atoms with van der Waals surface area (Å²) in [6.07, 6.45) is 2.86. The minimum atomic E-state index is -1.83. The van der Waals surface area contributed by atoms with Gasteiger partial charge in [-0.25, -0.2) is 0 Å². The maximum Gasteiger partial charge on any atom is 0.197 e. The molecule has 0 bridgehead atoms. The Balaban J connectivity index is 2.49. The first-order valence-corrected chi connectivity index (χ1v) is 5.26. The molecular formula is C8H15O2P. The van der Waals surface area contributed by atoms with Gasteiger partial charge in [0.25, 0.3) is 0 Å². The monoisotopic (exact) mass is 174 g/mol. The number of hydrogen-bond acceptors (Lipinski definition) is 2. The van der Waals surface area contributed by atoms with Crippen molar-refractivity contribution in [2.75, 3.05) is 6.61 Å². The SMILES string of the molecule is C=C[C@@H]1C[C@]1(C)[PH](=O)OCC. The Morgan fingerprint density at radius 1 is 1.91 bits per heavy atom. The van der Waals surface area contributed by atoms with Crippen molar-refractivity contribution >= 4 is 8.03 Å². The van der Waals surface area contributed by atoms with Crippen molar-refractivity contribution in [3.05, 3.63) is 12.7 Å². The second-order valence-corrected chi connectivity index (χ2v) is 5.19. The lowest BCUT2D eigenvalue weighted by Gasteiger charge is -2.08. The first-order chi connectivity index (χ1) is 5.15. The van der Waals surface area contributed by atoms with E-state index in [4.69, 9.17) is 4.52 Å². The number of allylic oxidation sites excluding steroid dienone is 1. The Bertz CT molecular complexity index is 191. The van der Waals surface area contributed by atoms with Gasteiger partial charge in [0.2, 0.25) is 0 Å². The summed E-state index contributed by atoms with van der Waals surface area (Å²) >= 11 is 0. The second kappa shape index (κ2) is 3.12. The van der Waals surface area contributed by atoms with Crippen LogP contribution in [0.5, 0.6) is 0 Å². The zero-order valence-electron chi connectivity index (χ0n) is 7.09. The molecule has 0 heterocycles. The van der Waals surface area contributed by atoms with Crippen molar-refractivity contribution in [2.45, 2.75) is 25.4 Å². The molecule has 1 unspecified atom stereocenters. The summed E-state index contributed by atoms with van der Waals surface area (Å²) in [5.41, 5.74) is 0. The van der Waals surface area contributed by atoms with E-state index in [0.29, 0.717) is 12.5 Å². The topological polar surface area (TPSA) is 26.3 Å². The van der Waals surface area contributed by atoms with Crippen LogP contribution in [-0.4, -0.2) is 11.8 Å². The standard InChI is InChI=1S/C8H15O2P/c1-4-7-6-8(7,3)11(9)10-5-2/h4,7,11H,1,5-6H2,2-3H3/t7-,8+/m1/s1. The van der Waals surface area contributed by atoms with Crippen molar-refractivity contribution < 1.29 is 9.09 Å². The molecule has 64 valence electrons. The quantitative estimate of drug-likeness (QED) is 0.483. The second-order valence-electron chi connectivity index (χ2n) is 3.18. The summed E-state index contributed by atoms with van der Waals surface area (Å²) in [5.74, 6) is 0.417. The molecule has 0 aromatic carbocycles. The molecule has 0 spiro atoms. The van der Waals surface area contributed by atoms with Crippen LogP contribution in [0.1, 0.15) is 20.3 Å². The molecule has 3 heteroatoms. The lowest BCUT2D eigenvalue weighted by atomic mass is 10.3. The molecule has 0 saturated heterocycles. The molecule has 2 nitrogen and oxygen atoms in total. The van der Waals surface area contributed by atoms with Crippen molar-refractivity contribution in [3.8, 4) is 0 Å². The zero-order chi connectivity index (χ0) is 8.48. The lowest BCUT2D eigenvalue weighted by molar-refractivity contribution is 0.342. The van der Waals surface area contributed by atoms with Crippen LogP contribution < -0.4 is 0 Å². The Morgan fingerprint density at radius 2 is 2.55 bits per heavy atom. The minimum Gasteiger partial charge on any atom is -0.330 e. The molecule has 11 heavy (non-hydrogen) atoms. The van der Waals surface area contributed by atoms with E-state index in [1.54, 1.807) is 0 Å². The summed E-state index contributed by atoms with van der Waals surface area (Å²) in [4.78, 5) is 0. The first-order valence-electron chi connectivity index (χ1n) is 3.95. The fourth-order valence-corrected chi connectivity index (χ4v) is 2.67. The molecular weight excluding hydrogens is 159 g/mol. The molecule has 1 rings (SSSR count). The van der Waals surface area contributed by atoms with Gasteiger partial charge in [0, 0.05) is 5.16 Å². The van der Waals surface area contributed by atoms with Crippen LogP contribution in [0, 0.1) is 5.92 Å². The summed E-state index contributed by atoms with van der Waals surface area (Å²) in [7, 11) is -1.83. The average Bonchev–Trinajstić information content (AvgIpc) is 2.64. The average molecular weight is 174 g/mol. The van der Waals surface area contributed by atoms with Crippen LogP contribution in [0.15, 0.2) is 12.7 Å². The van der Waals surface area contributed by atoms with Crippen LogP contribution in [0.4, 0.5) is 0 Å². The van der Waals surface area contributed by atoms with Gasteiger partial charge in [-0.3, -0.25) is 4.57 Å². The Labute approximate surface area is 68.5 Å². The van der Waals surface area contributed by atoms with Crippen molar-refractivity contribution in [2.24, 2.45) is 5.92 Å². The van der Waals surface area contributed by atoms with Gasteiger partial charge in [-0.2, -0.15) is 0 Å². The summed E-state index contributed by atoms with van der Waals surface area (Å²) in [5, 5.41) is -0.0670. The molecule has 1 aliphatic carbocycles. The van der Waals surface area contributed by atoms with Gasteiger partial charge in [-0.1, -0.05) is 13.0 Å². The molecule has 1 saturated carbocycles. The predicted molar refractivity (Wildman–Crippen MR) is 47.3 cm³/mol. The van der Waals surface area contributed by atoms with Gasteiger partial charge in [-0.05, 0) is 19.3 Å². The summed E-state index contributed by atoms with van der Waals surface area (Å²) in [6, 6.07) is 0. The maximum absolute atomic E-state index is 11.4. The van der Waals surface area contributed by atoms with E-state index < -0.39 is 8.03 Å². The van der Waals surface area contributed by atoms with Crippen LogP contribution in [-0.2, 0) is 9.09 Å². The maximum atomic E-state index is 11.4. The Morgan fingerprint density at radius 3 is 2.91 bits per heavy atom. The highest BCUT2D eigenvalue weighted by molar-refractivity contribution is 7.41. The highest BCUT2D eigenvalue weighted by atomic mass is 31.1. The van der Waals surface area contributed by atoms with E-state index in [-0.39, 0.29) is 5.16 Å². The molecule has 0 aromatic rings. The van der Waals surface area contributed by atoms with Gasteiger partial charge >= 0.3 is 0 Å².